The molecule has 7 heteroatoms. The van der Waals surface area contributed by atoms with Crippen LogP contribution >= 0.6 is 0 Å². The minimum Gasteiger partial charge on any atom is -0.493 e. The van der Waals surface area contributed by atoms with Gasteiger partial charge >= 0.3 is 0 Å². The summed E-state index contributed by atoms with van der Waals surface area (Å²) in [6, 6.07) is 2.97. The zero-order chi connectivity index (χ0) is 15.2. The topological polar surface area (TPSA) is 82.9 Å². The van der Waals surface area contributed by atoms with Gasteiger partial charge in [-0.2, -0.15) is 0 Å². The lowest BCUT2D eigenvalue weighted by molar-refractivity contribution is -0.384. The van der Waals surface area contributed by atoms with Crippen molar-refractivity contribution in [2.45, 2.75) is 12.8 Å². The Morgan fingerprint density at radius 2 is 2.10 bits per heavy atom. The highest BCUT2D eigenvalue weighted by atomic mass is 16.6. The number of nitro benzene ring substituents is 1. The lowest BCUT2D eigenvalue weighted by Crippen LogP contribution is -2.10. The summed E-state index contributed by atoms with van der Waals surface area (Å²) in [5.41, 5.74) is 0.423. The first-order valence-electron chi connectivity index (χ1n) is 6.87. The van der Waals surface area contributed by atoms with Crippen molar-refractivity contribution in [2.24, 2.45) is 5.92 Å². The van der Waals surface area contributed by atoms with Gasteiger partial charge in [0.15, 0.2) is 11.5 Å². The van der Waals surface area contributed by atoms with Gasteiger partial charge in [0.25, 0.3) is 5.69 Å². The average molecular weight is 296 g/mol. The van der Waals surface area contributed by atoms with Gasteiger partial charge in [0.2, 0.25) is 0 Å². The molecule has 1 unspecified atom stereocenters. The second kappa shape index (κ2) is 7.12. The molecule has 0 radical (unpaired) electrons. The minimum absolute atomic E-state index is 0.0182. The number of rotatable bonds is 7. The Labute approximate surface area is 123 Å². The molecular formula is C14H20N2O5. The molecule has 116 valence electrons. The quantitative estimate of drug-likeness (QED) is 0.614. The first kappa shape index (κ1) is 15.4. The second-order valence-electron chi connectivity index (χ2n) is 4.93. The van der Waals surface area contributed by atoms with Crippen molar-refractivity contribution in [3.05, 3.63) is 22.2 Å². The van der Waals surface area contributed by atoms with Crippen LogP contribution in [0.1, 0.15) is 12.8 Å². The predicted molar refractivity (Wildman–Crippen MR) is 78.2 cm³/mol. The fraction of sp³-hybridized carbons (Fsp3) is 0.571. The zero-order valence-corrected chi connectivity index (χ0v) is 12.3. The van der Waals surface area contributed by atoms with E-state index in [4.69, 9.17) is 14.2 Å². The Kier molecular flexibility index (Phi) is 5.21. The highest BCUT2D eigenvalue weighted by Gasteiger charge is 2.20. The van der Waals surface area contributed by atoms with E-state index in [1.54, 1.807) is 6.07 Å². The molecule has 1 aliphatic rings. The molecule has 1 fully saturated rings. The van der Waals surface area contributed by atoms with Crippen LogP contribution in [0.3, 0.4) is 0 Å². The minimum atomic E-state index is -0.428. The third kappa shape index (κ3) is 3.75. The van der Waals surface area contributed by atoms with Crippen molar-refractivity contribution in [3.8, 4) is 11.5 Å². The molecule has 1 aromatic carbocycles. The smallest absolute Gasteiger partial charge is 0.296 e. The number of methoxy groups -OCH3 is 2. The summed E-state index contributed by atoms with van der Waals surface area (Å²) in [4.78, 5) is 10.7. The lowest BCUT2D eigenvalue weighted by Gasteiger charge is -2.13. The molecule has 0 saturated carbocycles. The first-order valence-corrected chi connectivity index (χ1v) is 6.87. The van der Waals surface area contributed by atoms with Crippen molar-refractivity contribution < 1.29 is 19.1 Å². The van der Waals surface area contributed by atoms with E-state index in [9.17, 15) is 10.1 Å². The molecule has 1 saturated heterocycles. The molecule has 1 aliphatic heterocycles. The number of ether oxygens (including phenoxy) is 3. The summed E-state index contributed by atoms with van der Waals surface area (Å²) in [5.74, 6) is 1.34. The Morgan fingerprint density at radius 3 is 2.67 bits per heavy atom. The van der Waals surface area contributed by atoms with E-state index in [0.717, 1.165) is 26.1 Å². The predicted octanol–water partition coefficient (Wildman–Crippen LogP) is 2.45. The van der Waals surface area contributed by atoms with Gasteiger partial charge in [-0.05, 0) is 18.8 Å². The Bertz CT molecular complexity index is 500. The van der Waals surface area contributed by atoms with Gasteiger partial charge < -0.3 is 19.5 Å². The molecule has 1 heterocycles. The van der Waals surface area contributed by atoms with E-state index < -0.39 is 4.92 Å². The molecule has 1 atom stereocenters. The number of benzene rings is 1. The first-order chi connectivity index (χ1) is 10.2. The third-order valence-electron chi connectivity index (χ3n) is 3.59. The van der Waals surface area contributed by atoms with Crippen LogP contribution in [-0.2, 0) is 4.74 Å². The average Bonchev–Trinajstić information content (AvgIpc) is 2.99. The Hall–Kier alpha value is -2.02. The molecule has 0 spiro atoms. The van der Waals surface area contributed by atoms with Gasteiger partial charge in [-0.25, -0.2) is 0 Å². The highest BCUT2D eigenvalue weighted by Crippen LogP contribution is 2.37. The summed E-state index contributed by atoms with van der Waals surface area (Å²) in [7, 11) is 2.96. The Balaban J connectivity index is 2.10. The van der Waals surface area contributed by atoms with Crippen molar-refractivity contribution in [2.75, 3.05) is 39.3 Å². The van der Waals surface area contributed by atoms with Gasteiger partial charge in [0.05, 0.1) is 25.2 Å². The molecule has 2 rings (SSSR count). The zero-order valence-electron chi connectivity index (χ0n) is 12.3. The van der Waals surface area contributed by atoms with Crippen LogP contribution < -0.4 is 14.8 Å². The molecule has 0 amide bonds. The number of nitro groups is 1. The molecule has 0 bridgehead atoms. The van der Waals surface area contributed by atoms with E-state index in [-0.39, 0.29) is 5.69 Å². The number of hydrogen-bond donors (Lipinski definition) is 1. The molecule has 7 nitrogen and oxygen atoms in total. The number of hydrogen-bond acceptors (Lipinski definition) is 6. The van der Waals surface area contributed by atoms with Gasteiger partial charge in [0, 0.05) is 25.8 Å². The van der Waals surface area contributed by atoms with Crippen molar-refractivity contribution in [1.29, 1.82) is 0 Å². The molecule has 0 aromatic heterocycles. The molecule has 1 aromatic rings. The van der Waals surface area contributed by atoms with E-state index in [2.05, 4.69) is 5.32 Å². The van der Waals surface area contributed by atoms with Crippen LogP contribution in [0.5, 0.6) is 11.5 Å². The molecule has 0 aliphatic carbocycles. The summed E-state index contributed by atoms with van der Waals surface area (Å²) < 4.78 is 15.6. The van der Waals surface area contributed by atoms with Gasteiger partial charge in [0.1, 0.15) is 5.69 Å². The number of nitrogens with zero attached hydrogens (tertiary/aromatic N) is 1. The van der Waals surface area contributed by atoms with Gasteiger partial charge in [-0.1, -0.05) is 0 Å². The number of nitrogens with one attached hydrogen (secondary N) is 1. The van der Waals surface area contributed by atoms with Crippen molar-refractivity contribution in [1.82, 2.24) is 0 Å². The highest BCUT2D eigenvalue weighted by molar-refractivity contribution is 5.68. The van der Waals surface area contributed by atoms with Gasteiger partial charge in [-0.3, -0.25) is 10.1 Å². The maximum atomic E-state index is 11.2. The van der Waals surface area contributed by atoms with Crippen LogP contribution in [0.15, 0.2) is 12.1 Å². The van der Waals surface area contributed by atoms with Crippen molar-refractivity contribution in [3.63, 3.8) is 0 Å². The van der Waals surface area contributed by atoms with Crippen molar-refractivity contribution >= 4 is 11.4 Å². The van der Waals surface area contributed by atoms with Gasteiger partial charge in [-0.15, -0.1) is 0 Å². The normalized spacial score (nSPS) is 17.5. The fourth-order valence-corrected chi connectivity index (χ4v) is 2.38. The SMILES string of the molecule is COc1cc(NCCC2CCOC2)c([N+](=O)[O-])cc1OC. The maximum Gasteiger partial charge on any atom is 0.296 e. The van der Waals surface area contributed by atoms with E-state index >= 15 is 0 Å². The molecule has 1 N–H and O–H groups in total. The fourth-order valence-electron chi connectivity index (χ4n) is 2.38. The van der Waals surface area contributed by atoms with Crippen LogP contribution in [0.25, 0.3) is 0 Å². The van der Waals surface area contributed by atoms with Crippen LogP contribution in [-0.4, -0.2) is 38.9 Å². The molecule has 21 heavy (non-hydrogen) atoms. The lowest BCUT2D eigenvalue weighted by atomic mass is 10.1. The largest absolute Gasteiger partial charge is 0.493 e. The summed E-state index contributed by atoms with van der Waals surface area (Å²) in [6.07, 6.45) is 1.97. The monoisotopic (exact) mass is 296 g/mol. The summed E-state index contributed by atoms with van der Waals surface area (Å²) >= 11 is 0. The van der Waals surface area contributed by atoms with E-state index in [0.29, 0.717) is 29.6 Å². The van der Waals surface area contributed by atoms with E-state index in [1.165, 1.54) is 20.3 Å². The second-order valence-corrected chi connectivity index (χ2v) is 4.93. The van der Waals surface area contributed by atoms with Crippen LogP contribution in [0.2, 0.25) is 0 Å². The standard InChI is InChI=1S/C14H20N2O5/c1-19-13-7-11(12(16(17)18)8-14(13)20-2)15-5-3-10-4-6-21-9-10/h7-8,10,15H,3-6,9H2,1-2H3. The number of anilines is 1. The Morgan fingerprint density at radius 1 is 1.38 bits per heavy atom. The van der Waals surface area contributed by atoms with Crippen LogP contribution in [0.4, 0.5) is 11.4 Å². The summed E-state index contributed by atoms with van der Waals surface area (Å²) in [5, 5.41) is 14.3. The summed E-state index contributed by atoms with van der Waals surface area (Å²) in [6.45, 7) is 2.24. The van der Waals surface area contributed by atoms with Crippen LogP contribution in [0, 0.1) is 16.0 Å². The maximum absolute atomic E-state index is 11.2. The molecular weight excluding hydrogens is 276 g/mol. The third-order valence-corrected chi connectivity index (χ3v) is 3.59. The van der Waals surface area contributed by atoms with E-state index in [1.807, 2.05) is 0 Å².